The minimum Gasteiger partial charge on any atom is -0.595 e. The molecule has 0 spiro atoms. The monoisotopic (exact) mass is 293 g/mol. The highest BCUT2D eigenvalue weighted by Crippen LogP contribution is 2.45. The Balaban J connectivity index is 2.26. The molecule has 0 aliphatic carbocycles. The second-order valence-electron chi connectivity index (χ2n) is 4.22. The molecule has 2 heterocycles. The van der Waals surface area contributed by atoms with Crippen LogP contribution < -0.4 is 5.23 Å². The number of fused-ring (bicyclic) bond motifs is 1. The van der Waals surface area contributed by atoms with E-state index < -0.39 is 17.0 Å². The topological polar surface area (TPSA) is 83.3 Å². The summed E-state index contributed by atoms with van der Waals surface area (Å²) in [4.78, 5) is 12.8. The number of carbonyl (C=O) groups is 1. The number of thiophene rings is 1. The summed E-state index contributed by atoms with van der Waals surface area (Å²) in [6.07, 6.45) is 0. The molecule has 2 atom stereocenters. The number of carbonyl (C=O) groups excluding carboxylic acids is 1. The molecule has 104 valence electrons. The Hall–Kier alpha value is -1.77. The number of methoxy groups -OCH3 is 1. The van der Waals surface area contributed by atoms with Crippen molar-refractivity contribution in [3.05, 3.63) is 56.9 Å². The summed E-state index contributed by atoms with van der Waals surface area (Å²) in [6, 6.07) is 8.20. The lowest BCUT2D eigenvalue weighted by Gasteiger charge is -2.25. The molecule has 1 aliphatic heterocycles. The first-order valence-corrected chi connectivity index (χ1v) is 6.67. The molecule has 20 heavy (non-hydrogen) atoms. The van der Waals surface area contributed by atoms with Gasteiger partial charge in [-0.25, -0.2) is 10.0 Å². The van der Waals surface area contributed by atoms with Crippen LogP contribution in [-0.4, -0.2) is 18.3 Å². The van der Waals surface area contributed by atoms with Crippen molar-refractivity contribution in [2.45, 2.75) is 5.79 Å². The molecule has 2 N–H and O–H groups in total. The average molecular weight is 293 g/mol. The molecule has 3 rings (SSSR count). The number of hydrogen-bond acceptors (Lipinski definition) is 6. The molecule has 1 aromatic carbocycles. The highest BCUT2D eigenvalue weighted by atomic mass is 32.1. The van der Waals surface area contributed by atoms with Gasteiger partial charge in [0, 0.05) is 13.2 Å². The van der Waals surface area contributed by atoms with Crippen molar-refractivity contribution in [2.24, 2.45) is 0 Å². The summed E-state index contributed by atoms with van der Waals surface area (Å²) >= 11 is 1.37. The zero-order valence-electron chi connectivity index (χ0n) is 10.5. The molecule has 0 bridgehead atoms. The van der Waals surface area contributed by atoms with Gasteiger partial charge in [0.2, 0.25) is 0 Å². The molecule has 0 saturated heterocycles. The lowest BCUT2D eigenvalue weighted by Crippen LogP contribution is -2.99. The molecule has 0 saturated carbocycles. The largest absolute Gasteiger partial charge is 0.595 e. The van der Waals surface area contributed by atoms with Gasteiger partial charge in [0.15, 0.2) is 5.69 Å². The molecular formula is C13H11NO5S. The van der Waals surface area contributed by atoms with E-state index in [1.54, 1.807) is 18.2 Å². The fourth-order valence-electron chi connectivity index (χ4n) is 2.36. The molecule has 2 aromatic rings. The first-order valence-electron chi connectivity index (χ1n) is 5.79. The van der Waals surface area contributed by atoms with Crippen LogP contribution in [0.4, 0.5) is 5.69 Å². The van der Waals surface area contributed by atoms with Crippen LogP contribution in [0.15, 0.2) is 35.7 Å². The highest BCUT2D eigenvalue weighted by molar-refractivity contribution is 7.10. The van der Waals surface area contributed by atoms with E-state index in [4.69, 9.17) is 9.47 Å². The van der Waals surface area contributed by atoms with Gasteiger partial charge >= 0.3 is 5.97 Å². The van der Waals surface area contributed by atoms with Crippen LogP contribution in [0.25, 0.3) is 0 Å². The average Bonchev–Trinajstić information content (AvgIpc) is 3.06. The van der Waals surface area contributed by atoms with E-state index in [0.717, 1.165) is 0 Å². The molecule has 2 unspecified atom stereocenters. The quantitative estimate of drug-likeness (QED) is 0.655. The molecule has 0 amide bonds. The summed E-state index contributed by atoms with van der Waals surface area (Å²) < 4.78 is 10.8. The van der Waals surface area contributed by atoms with Crippen molar-refractivity contribution < 1.29 is 24.7 Å². The second kappa shape index (κ2) is 4.65. The van der Waals surface area contributed by atoms with Crippen molar-refractivity contribution >= 4 is 23.0 Å². The third kappa shape index (κ3) is 1.69. The van der Waals surface area contributed by atoms with E-state index in [9.17, 15) is 15.2 Å². The van der Waals surface area contributed by atoms with Gasteiger partial charge in [-0.2, -0.15) is 5.23 Å². The van der Waals surface area contributed by atoms with E-state index in [0.29, 0.717) is 10.4 Å². The number of hydrogen-bond donors (Lipinski definition) is 2. The van der Waals surface area contributed by atoms with Gasteiger partial charge < -0.3 is 14.7 Å². The Morgan fingerprint density at radius 3 is 2.80 bits per heavy atom. The van der Waals surface area contributed by atoms with Crippen molar-refractivity contribution in [3.63, 3.8) is 0 Å². The number of rotatable bonds is 3. The maximum Gasteiger partial charge on any atom is 0.348 e. The normalized spacial score (nSPS) is 22.4. The smallest absolute Gasteiger partial charge is 0.348 e. The van der Waals surface area contributed by atoms with Crippen LogP contribution in [0.3, 0.4) is 0 Å². The first kappa shape index (κ1) is 13.2. The summed E-state index contributed by atoms with van der Waals surface area (Å²) in [5, 5.41) is 21.1. The number of quaternary nitrogens is 1. The molecular weight excluding hydrogens is 282 g/mol. The van der Waals surface area contributed by atoms with Crippen molar-refractivity contribution in [2.75, 3.05) is 7.11 Å². The lowest BCUT2D eigenvalue weighted by molar-refractivity contribution is -0.991. The SMILES string of the molecule is COC1(c2cccs2)OC(=O)c2c([NH+]([O-])O)cccc21. The van der Waals surface area contributed by atoms with Crippen LogP contribution in [0.5, 0.6) is 0 Å². The van der Waals surface area contributed by atoms with E-state index >= 15 is 0 Å². The van der Waals surface area contributed by atoms with Gasteiger partial charge in [0.25, 0.3) is 5.79 Å². The fourth-order valence-corrected chi connectivity index (χ4v) is 3.21. The van der Waals surface area contributed by atoms with Gasteiger partial charge in [-0.1, -0.05) is 18.2 Å². The van der Waals surface area contributed by atoms with Crippen LogP contribution in [0, 0.1) is 5.21 Å². The Kier molecular flexibility index (Phi) is 3.08. The Labute approximate surface area is 118 Å². The maximum absolute atomic E-state index is 12.1. The van der Waals surface area contributed by atoms with Gasteiger partial charge in [-0.05, 0) is 11.4 Å². The second-order valence-corrected chi connectivity index (χ2v) is 5.17. The number of cyclic esters (lactones) is 1. The number of esters is 1. The summed E-state index contributed by atoms with van der Waals surface area (Å²) in [5.41, 5.74) is 0.394. The summed E-state index contributed by atoms with van der Waals surface area (Å²) in [6.45, 7) is 0. The molecule has 0 fully saturated rings. The van der Waals surface area contributed by atoms with Gasteiger partial charge in [0.1, 0.15) is 5.56 Å². The minimum atomic E-state index is -1.36. The molecule has 1 aliphatic rings. The van der Waals surface area contributed by atoms with E-state index in [2.05, 4.69) is 0 Å². The molecule has 6 nitrogen and oxygen atoms in total. The maximum atomic E-state index is 12.1. The number of nitrogens with one attached hydrogen (secondary N) is 1. The van der Waals surface area contributed by atoms with Crippen LogP contribution in [0.1, 0.15) is 20.8 Å². The summed E-state index contributed by atoms with van der Waals surface area (Å²) in [7, 11) is 1.43. The van der Waals surface area contributed by atoms with E-state index in [-0.39, 0.29) is 11.3 Å². The van der Waals surface area contributed by atoms with Crippen LogP contribution >= 0.6 is 11.3 Å². The zero-order chi connectivity index (χ0) is 14.3. The minimum absolute atomic E-state index is 0.0512. The number of benzene rings is 1. The molecule has 7 heteroatoms. The highest BCUT2D eigenvalue weighted by Gasteiger charge is 2.50. The number of ether oxygens (including phenoxy) is 2. The molecule has 0 radical (unpaired) electrons. The summed E-state index contributed by atoms with van der Waals surface area (Å²) in [5.74, 6) is -2.04. The van der Waals surface area contributed by atoms with Crippen LogP contribution in [-0.2, 0) is 15.3 Å². The Morgan fingerprint density at radius 1 is 1.40 bits per heavy atom. The van der Waals surface area contributed by atoms with E-state index in [1.165, 1.54) is 24.5 Å². The zero-order valence-corrected chi connectivity index (χ0v) is 11.3. The van der Waals surface area contributed by atoms with Crippen molar-refractivity contribution in [3.8, 4) is 0 Å². The Morgan fingerprint density at radius 2 is 2.20 bits per heavy atom. The van der Waals surface area contributed by atoms with Crippen molar-refractivity contribution in [1.29, 1.82) is 0 Å². The predicted molar refractivity (Wildman–Crippen MR) is 69.7 cm³/mol. The first-order chi connectivity index (χ1) is 9.60. The van der Waals surface area contributed by atoms with Crippen molar-refractivity contribution in [1.82, 2.24) is 0 Å². The van der Waals surface area contributed by atoms with Gasteiger partial charge in [0.05, 0.1) is 10.4 Å². The Bertz CT molecular complexity index is 655. The van der Waals surface area contributed by atoms with Gasteiger partial charge in [-0.15, -0.1) is 11.3 Å². The van der Waals surface area contributed by atoms with Gasteiger partial charge in [-0.3, -0.25) is 0 Å². The van der Waals surface area contributed by atoms with Crippen LogP contribution in [0.2, 0.25) is 0 Å². The third-order valence-corrected chi connectivity index (χ3v) is 4.17. The lowest BCUT2D eigenvalue weighted by atomic mass is 9.99. The van der Waals surface area contributed by atoms with E-state index in [1.807, 2.05) is 11.4 Å². The fraction of sp³-hybridized carbons (Fsp3) is 0.154. The standard InChI is InChI=1S/C13H11NO5S/c1-18-13(10-6-3-7-20-10)8-4-2-5-9(14(16)17)11(8)12(15)19-13/h2-7,14,16H,1H3. The molecule has 1 aromatic heterocycles. The predicted octanol–water partition coefficient (Wildman–Crippen LogP) is 1.17. The third-order valence-electron chi connectivity index (χ3n) is 3.22.